The molecular formula is C12H18N4OS. The Morgan fingerprint density at radius 1 is 1.39 bits per heavy atom. The van der Waals surface area contributed by atoms with Crippen LogP contribution in [-0.4, -0.2) is 25.1 Å². The van der Waals surface area contributed by atoms with Crippen molar-refractivity contribution in [3.05, 3.63) is 22.5 Å². The number of nitrogens with zero attached hydrogens (tertiary/aromatic N) is 4. The van der Waals surface area contributed by atoms with Crippen LogP contribution in [0, 0.1) is 6.92 Å². The van der Waals surface area contributed by atoms with Crippen LogP contribution in [0.2, 0.25) is 0 Å². The van der Waals surface area contributed by atoms with E-state index in [2.05, 4.69) is 29.1 Å². The second-order valence-electron chi connectivity index (χ2n) is 4.28. The molecule has 0 aliphatic carbocycles. The van der Waals surface area contributed by atoms with Crippen molar-refractivity contribution in [3.63, 3.8) is 0 Å². The molecule has 0 spiro atoms. The highest BCUT2D eigenvalue weighted by molar-refractivity contribution is 7.12. The SMILES string of the molecule is CCC(CC)c1c(CO)nnn1-c1nc(C)cs1. The molecule has 0 atom stereocenters. The largest absolute Gasteiger partial charge is 0.390 e. The van der Waals surface area contributed by atoms with Crippen molar-refractivity contribution in [1.82, 2.24) is 20.0 Å². The summed E-state index contributed by atoms with van der Waals surface area (Å²) in [5, 5.41) is 20.4. The van der Waals surface area contributed by atoms with Crippen molar-refractivity contribution in [2.75, 3.05) is 0 Å². The number of hydrogen-bond acceptors (Lipinski definition) is 5. The summed E-state index contributed by atoms with van der Waals surface area (Å²) in [4.78, 5) is 4.44. The van der Waals surface area contributed by atoms with E-state index < -0.39 is 0 Å². The molecule has 0 radical (unpaired) electrons. The van der Waals surface area contributed by atoms with Crippen molar-refractivity contribution < 1.29 is 5.11 Å². The van der Waals surface area contributed by atoms with Gasteiger partial charge < -0.3 is 5.11 Å². The number of thiazole rings is 1. The topological polar surface area (TPSA) is 63.8 Å². The Morgan fingerprint density at radius 2 is 2.11 bits per heavy atom. The van der Waals surface area contributed by atoms with Crippen LogP contribution >= 0.6 is 11.3 Å². The molecule has 0 aromatic carbocycles. The lowest BCUT2D eigenvalue weighted by molar-refractivity contribution is 0.274. The van der Waals surface area contributed by atoms with E-state index in [9.17, 15) is 5.11 Å². The highest BCUT2D eigenvalue weighted by Gasteiger charge is 2.21. The first-order valence-corrected chi connectivity index (χ1v) is 7.07. The van der Waals surface area contributed by atoms with Gasteiger partial charge in [-0.25, -0.2) is 4.98 Å². The summed E-state index contributed by atoms with van der Waals surface area (Å²) in [5.74, 6) is 0.353. The van der Waals surface area contributed by atoms with Crippen molar-refractivity contribution in [1.29, 1.82) is 0 Å². The van der Waals surface area contributed by atoms with Gasteiger partial charge in [0, 0.05) is 11.3 Å². The summed E-state index contributed by atoms with van der Waals surface area (Å²) in [6, 6.07) is 0. The Kier molecular flexibility index (Phi) is 4.08. The summed E-state index contributed by atoms with van der Waals surface area (Å²) >= 11 is 1.55. The van der Waals surface area contributed by atoms with Gasteiger partial charge in [-0.1, -0.05) is 19.1 Å². The fourth-order valence-corrected chi connectivity index (χ4v) is 2.86. The third-order valence-electron chi connectivity index (χ3n) is 3.09. The highest BCUT2D eigenvalue weighted by Crippen LogP contribution is 2.28. The maximum atomic E-state index is 9.39. The molecular weight excluding hydrogens is 248 g/mol. The zero-order valence-electron chi connectivity index (χ0n) is 10.9. The second-order valence-corrected chi connectivity index (χ2v) is 5.11. The van der Waals surface area contributed by atoms with Gasteiger partial charge in [-0.2, -0.15) is 4.68 Å². The van der Waals surface area contributed by atoms with Gasteiger partial charge in [-0.15, -0.1) is 16.4 Å². The number of aryl methyl sites for hydroxylation is 1. The summed E-state index contributed by atoms with van der Waals surface area (Å²) in [5.41, 5.74) is 2.64. The van der Waals surface area contributed by atoms with E-state index in [0.717, 1.165) is 29.4 Å². The van der Waals surface area contributed by atoms with E-state index in [-0.39, 0.29) is 6.61 Å². The van der Waals surface area contributed by atoms with E-state index in [0.29, 0.717) is 11.6 Å². The molecule has 0 bridgehead atoms. The molecule has 5 nitrogen and oxygen atoms in total. The van der Waals surface area contributed by atoms with Crippen LogP contribution in [0.15, 0.2) is 5.38 Å². The van der Waals surface area contributed by atoms with Gasteiger partial charge >= 0.3 is 0 Å². The minimum Gasteiger partial charge on any atom is -0.390 e. The Morgan fingerprint density at radius 3 is 2.61 bits per heavy atom. The van der Waals surface area contributed by atoms with Gasteiger partial charge in [0.15, 0.2) is 0 Å². The molecule has 2 aromatic rings. The highest BCUT2D eigenvalue weighted by atomic mass is 32.1. The average Bonchev–Trinajstić information content (AvgIpc) is 2.97. The standard InChI is InChI=1S/C12H18N4OS/c1-4-9(5-2)11-10(6-17)14-15-16(11)12-13-8(3)7-18-12/h7,9,17H,4-6H2,1-3H3. The van der Waals surface area contributed by atoms with Crippen LogP contribution in [0.5, 0.6) is 0 Å². The predicted molar refractivity (Wildman–Crippen MR) is 71.0 cm³/mol. The van der Waals surface area contributed by atoms with Crippen LogP contribution in [0.1, 0.15) is 49.7 Å². The van der Waals surface area contributed by atoms with Gasteiger partial charge in [-0.05, 0) is 19.8 Å². The minimum absolute atomic E-state index is 0.0732. The third-order valence-corrected chi connectivity index (χ3v) is 4.02. The van der Waals surface area contributed by atoms with E-state index >= 15 is 0 Å². The lowest BCUT2D eigenvalue weighted by atomic mass is 9.98. The quantitative estimate of drug-likeness (QED) is 0.902. The van der Waals surface area contributed by atoms with Crippen LogP contribution in [0.4, 0.5) is 0 Å². The fourth-order valence-electron chi connectivity index (χ4n) is 2.10. The van der Waals surface area contributed by atoms with E-state index in [1.54, 1.807) is 16.0 Å². The zero-order valence-corrected chi connectivity index (χ0v) is 11.7. The maximum absolute atomic E-state index is 9.39. The third kappa shape index (κ3) is 2.30. The molecule has 0 saturated heterocycles. The number of aliphatic hydroxyl groups is 1. The monoisotopic (exact) mass is 266 g/mol. The van der Waals surface area contributed by atoms with Crippen LogP contribution in [0.3, 0.4) is 0 Å². The van der Waals surface area contributed by atoms with E-state index in [1.807, 2.05) is 12.3 Å². The molecule has 0 amide bonds. The summed E-state index contributed by atoms with van der Waals surface area (Å²) < 4.78 is 1.78. The first-order valence-electron chi connectivity index (χ1n) is 6.19. The Bertz CT molecular complexity index is 516. The first-order chi connectivity index (χ1) is 8.71. The van der Waals surface area contributed by atoms with Crippen molar-refractivity contribution >= 4 is 11.3 Å². The summed E-state index contributed by atoms with van der Waals surface area (Å²) in [6.45, 7) is 6.16. The van der Waals surface area contributed by atoms with Crippen molar-refractivity contribution in [2.45, 2.75) is 46.1 Å². The normalized spacial score (nSPS) is 11.4. The Balaban J connectivity index is 2.51. The fraction of sp³-hybridized carbons (Fsp3) is 0.583. The molecule has 2 heterocycles. The maximum Gasteiger partial charge on any atom is 0.212 e. The van der Waals surface area contributed by atoms with Crippen LogP contribution < -0.4 is 0 Å². The molecule has 0 unspecified atom stereocenters. The predicted octanol–water partition coefficient (Wildman–Crippen LogP) is 2.43. The number of hydrogen-bond donors (Lipinski definition) is 1. The number of aliphatic hydroxyl groups excluding tert-OH is 1. The molecule has 98 valence electrons. The molecule has 18 heavy (non-hydrogen) atoms. The van der Waals surface area contributed by atoms with Gasteiger partial charge in [-0.3, -0.25) is 0 Å². The molecule has 6 heteroatoms. The van der Waals surface area contributed by atoms with E-state index in [4.69, 9.17) is 0 Å². The van der Waals surface area contributed by atoms with Crippen LogP contribution in [0.25, 0.3) is 5.13 Å². The van der Waals surface area contributed by atoms with Gasteiger partial charge in [0.2, 0.25) is 5.13 Å². The smallest absolute Gasteiger partial charge is 0.212 e. The average molecular weight is 266 g/mol. The van der Waals surface area contributed by atoms with Gasteiger partial charge in [0.1, 0.15) is 5.69 Å². The molecule has 1 N–H and O–H groups in total. The van der Waals surface area contributed by atoms with Crippen molar-refractivity contribution in [2.24, 2.45) is 0 Å². The second kappa shape index (κ2) is 5.58. The molecule has 0 fully saturated rings. The number of rotatable bonds is 5. The zero-order chi connectivity index (χ0) is 13.1. The first kappa shape index (κ1) is 13.2. The van der Waals surface area contributed by atoms with Crippen molar-refractivity contribution in [3.8, 4) is 5.13 Å². The Hall–Kier alpha value is -1.27. The molecule has 2 aromatic heterocycles. The van der Waals surface area contributed by atoms with Gasteiger partial charge in [0.25, 0.3) is 0 Å². The lowest BCUT2D eigenvalue weighted by Gasteiger charge is -2.14. The summed E-state index contributed by atoms with van der Waals surface area (Å²) in [7, 11) is 0. The van der Waals surface area contributed by atoms with E-state index in [1.165, 1.54) is 0 Å². The molecule has 0 aliphatic heterocycles. The Labute approximate surface area is 110 Å². The lowest BCUT2D eigenvalue weighted by Crippen LogP contribution is -2.08. The number of aromatic nitrogens is 4. The molecule has 0 saturated carbocycles. The van der Waals surface area contributed by atoms with Crippen LogP contribution in [-0.2, 0) is 6.61 Å². The summed E-state index contributed by atoms with van der Waals surface area (Å²) in [6.07, 6.45) is 2.00. The molecule has 0 aliphatic rings. The minimum atomic E-state index is -0.0732. The van der Waals surface area contributed by atoms with Gasteiger partial charge in [0.05, 0.1) is 18.0 Å². The molecule has 2 rings (SSSR count).